The van der Waals surface area contributed by atoms with Crippen LogP contribution in [0.3, 0.4) is 0 Å². The SMILES string of the molecule is CCCNc1cncc(NC(CO)Cc2ccccc2)n1. The van der Waals surface area contributed by atoms with E-state index in [-0.39, 0.29) is 12.6 Å². The number of hydrogen-bond acceptors (Lipinski definition) is 5. The highest BCUT2D eigenvalue weighted by Crippen LogP contribution is 2.11. The predicted octanol–water partition coefficient (Wildman–Crippen LogP) is 2.31. The van der Waals surface area contributed by atoms with E-state index in [1.165, 1.54) is 5.56 Å². The highest BCUT2D eigenvalue weighted by atomic mass is 16.3. The lowest BCUT2D eigenvalue weighted by Gasteiger charge is -2.17. The van der Waals surface area contributed by atoms with E-state index in [2.05, 4.69) is 39.7 Å². The third kappa shape index (κ3) is 5.04. The molecule has 1 aromatic carbocycles. The Bertz CT molecular complexity index is 533. The molecule has 0 aliphatic rings. The molecule has 0 bridgehead atoms. The average molecular weight is 286 g/mol. The van der Waals surface area contributed by atoms with Crippen LogP contribution >= 0.6 is 0 Å². The molecule has 1 atom stereocenters. The van der Waals surface area contributed by atoms with Crippen LogP contribution in [-0.4, -0.2) is 34.3 Å². The Kier molecular flexibility index (Phi) is 5.97. The number of hydrogen-bond donors (Lipinski definition) is 3. The second kappa shape index (κ2) is 8.21. The van der Waals surface area contributed by atoms with Gasteiger partial charge in [-0.25, -0.2) is 4.98 Å². The Morgan fingerprint density at radius 2 is 1.90 bits per heavy atom. The summed E-state index contributed by atoms with van der Waals surface area (Å²) in [5, 5.41) is 16.0. The first-order valence-corrected chi connectivity index (χ1v) is 7.29. The smallest absolute Gasteiger partial charge is 0.147 e. The quantitative estimate of drug-likeness (QED) is 0.694. The molecule has 0 aliphatic carbocycles. The van der Waals surface area contributed by atoms with Crippen molar-refractivity contribution >= 4 is 11.6 Å². The van der Waals surface area contributed by atoms with Crippen molar-refractivity contribution in [1.29, 1.82) is 0 Å². The van der Waals surface area contributed by atoms with Crippen molar-refractivity contribution in [2.45, 2.75) is 25.8 Å². The summed E-state index contributed by atoms with van der Waals surface area (Å²) in [4.78, 5) is 8.61. The van der Waals surface area contributed by atoms with E-state index < -0.39 is 0 Å². The number of aromatic nitrogens is 2. The lowest BCUT2D eigenvalue weighted by molar-refractivity contribution is 0.273. The van der Waals surface area contributed by atoms with Crippen LogP contribution in [0.2, 0.25) is 0 Å². The Hall–Kier alpha value is -2.14. The van der Waals surface area contributed by atoms with Crippen molar-refractivity contribution in [2.24, 2.45) is 0 Å². The summed E-state index contributed by atoms with van der Waals surface area (Å²) in [6, 6.07) is 10.0. The van der Waals surface area contributed by atoms with Crippen molar-refractivity contribution in [3.63, 3.8) is 0 Å². The summed E-state index contributed by atoms with van der Waals surface area (Å²) in [5.74, 6) is 1.42. The molecular formula is C16H22N4O. The molecule has 5 heteroatoms. The minimum Gasteiger partial charge on any atom is -0.394 e. The number of aliphatic hydroxyl groups is 1. The van der Waals surface area contributed by atoms with Crippen molar-refractivity contribution in [2.75, 3.05) is 23.8 Å². The topological polar surface area (TPSA) is 70.1 Å². The van der Waals surface area contributed by atoms with Crippen LogP contribution in [0.1, 0.15) is 18.9 Å². The third-order valence-corrected chi connectivity index (χ3v) is 3.09. The normalized spacial score (nSPS) is 11.9. The molecule has 0 fully saturated rings. The molecule has 1 heterocycles. The second-order valence-corrected chi connectivity index (χ2v) is 4.93. The van der Waals surface area contributed by atoms with Crippen molar-refractivity contribution in [3.05, 3.63) is 48.3 Å². The second-order valence-electron chi connectivity index (χ2n) is 4.93. The summed E-state index contributed by atoms with van der Waals surface area (Å²) < 4.78 is 0. The minimum atomic E-state index is -0.0804. The van der Waals surface area contributed by atoms with Crippen LogP contribution < -0.4 is 10.6 Å². The maximum absolute atomic E-state index is 9.53. The third-order valence-electron chi connectivity index (χ3n) is 3.09. The number of rotatable bonds is 8. The maximum atomic E-state index is 9.53. The van der Waals surface area contributed by atoms with Gasteiger partial charge in [-0.3, -0.25) is 4.98 Å². The molecular weight excluding hydrogens is 264 g/mol. The molecule has 2 rings (SSSR count). The predicted molar refractivity (Wildman–Crippen MR) is 85.5 cm³/mol. The first kappa shape index (κ1) is 15.3. The number of anilines is 2. The van der Waals surface area contributed by atoms with Crippen molar-refractivity contribution < 1.29 is 5.11 Å². The van der Waals surface area contributed by atoms with Gasteiger partial charge < -0.3 is 15.7 Å². The summed E-state index contributed by atoms with van der Waals surface area (Å²) in [7, 11) is 0. The zero-order valence-electron chi connectivity index (χ0n) is 12.3. The molecule has 21 heavy (non-hydrogen) atoms. The molecule has 0 radical (unpaired) electrons. The molecule has 0 aliphatic heterocycles. The van der Waals surface area contributed by atoms with E-state index >= 15 is 0 Å². The van der Waals surface area contributed by atoms with Gasteiger partial charge in [0.25, 0.3) is 0 Å². The van der Waals surface area contributed by atoms with Crippen LogP contribution in [0.15, 0.2) is 42.7 Å². The van der Waals surface area contributed by atoms with E-state index in [4.69, 9.17) is 0 Å². The summed E-state index contributed by atoms with van der Waals surface area (Å²) in [6.07, 6.45) is 5.15. The first-order chi connectivity index (χ1) is 10.3. The highest BCUT2D eigenvalue weighted by Gasteiger charge is 2.09. The van der Waals surface area contributed by atoms with Gasteiger partial charge in [0.1, 0.15) is 11.6 Å². The molecule has 0 amide bonds. The van der Waals surface area contributed by atoms with Gasteiger partial charge in [0, 0.05) is 6.54 Å². The standard InChI is InChI=1S/C16H22N4O/c1-2-8-18-15-10-17-11-16(20-15)19-14(12-21)9-13-6-4-3-5-7-13/h3-7,10-11,14,21H,2,8-9,12H2,1H3,(H2,18,19,20). The molecule has 1 aromatic heterocycles. The average Bonchev–Trinajstić information content (AvgIpc) is 2.53. The van der Waals surface area contributed by atoms with Gasteiger partial charge in [0.15, 0.2) is 0 Å². The van der Waals surface area contributed by atoms with Gasteiger partial charge in [-0.05, 0) is 18.4 Å². The van der Waals surface area contributed by atoms with E-state index in [0.717, 1.165) is 25.2 Å². The van der Waals surface area contributed by atoms with Gasteiger partial charge in [-0.15, -0.1) is 0 Å². The monoisotopic (exact) mass is 286 g/mol. The van der Waals surface area contributed by atoms with Crippen LogP contribution in [0, 0.1) is 0 Å². The van der Waals surface area contributed by atoms with Crippen molar-refractivity contribution in [3.8, 4) is 0 Å². The molecule has 0 spiro atoms. The fourth-order valence-corrected chi connectivity index (χ4v) is 2.04. The Balaban J connectivity index is 1.98. The number of nitrogens with one attached hydrogen (secondary N) is 2. The van der Waals surface area contributed by atoms with Gasteiger partial charge in [-0.1, -0.05) is 37.3 Å². The number of aliphatic hydroxyl groups excluding tert-OH is 1. The maximum Gasteiger partial charge on any atom is 0.147 e. The fraction of sp³-hybridized carbons (Fsp3) is 0.375. The highest BCUT2D eigenvalue weighted by molar-refractivity contribution is 5.42. The zero-order chi connectivity index (χ0) is 14.9. The number of nitrogens with zero attached hydrogens (tertiary/aromatic N) is 2. The largest absolute Gasteiger partial charge is 0.394 e. The van der Waals surface area contributed by atoms with Crippen LogP contribution in [0.25, 0.3) is 0 Å². The first-order valence-electron chi connectivity index (χ1n) is 7.29. The lowest BCUT2D eigenvalue weighted by atomic mass is 10.1. The summed E-state index contributed by atoms with van der Waals surface area (Å²) in [5.41, 5.74) is 1.18. The minimum absolute atomic E-state index is 0.0448. The van der Waals surface area contributed by atoms with E-state index in [9.17, 15) is 5.11 Å². The van der Waals surface area contributed by atoms with E-state index in [1.807, 2.05) is 18.2 Å². The summed E-state index contributed by atoms with van der Waals surface area (Å²) in [6.45, 7) is 3.01. The van der Waals surface area contributed by atoms with Gasteiger partial charge in [0.05, 0.1) is 25.0 Å². The molecule has 2 aromatic rings. The van der Waals surface area contributed by atoms with Gasteiger partial charge in [0.2, 0.25) is 0 Å². The lowest BCUT2D eigenvalue weighted by Crippen LogP contribution is -2.27. The molecule has 5 nitrogen and oxygen atoms in total. The Morgan fingerprint density at radius 3 is 2.62 bits per heavy atom. The zero-order valence-corrected chi connectivity index (χ0v) is 12.3. The van der Waals surface area contributed by atoms with Crippen LogP contribution in [0.5, 0.6) is 0 Å². The fourth-order valence-electron chi connectivity index (χ4n) is 2.04. The van der Waals surface area contributed by atoms with E-state index in [1.54, 1.807) is 12.4 Å². The molecule has 3 N–H and O–H groups in total. The van der Waals surface area contributed by atoms with Crippen LogP contribution in [-0.2, 0) is 6.42 Å². The Labute approximate surface area is 125 Å². The molecule has 112 valence electrons. The van der Waals surface area contributed by atoms with E-state index in [0.29, 0.717) is 5.82 Å². The molecule has 1 unspecified atom stereocenters. The summed E-state index contributed by atoms with van der Waals surface area (Å²) >= 11 is 0. The Morgan fingerprint density at radius 1 is 1.14 bits per heavy atom. The molecule has 0 saturated carbocycles. The molecule has 0 saturated heterocycles. The van der Waals surface area contributed by atoms with Gasteiger partial charge in [-0.2, -0.15) is 0 Å². The van der Waals surface area contributed by atoms with Gasteiger partial charge >= 0.3 is 0 Å². The van der Waals surface area contributed by atoms with Crippen molar-refractivity contribution in [1.82, 2.24) is 9.97 Å². The number of benzene rings is 1. The van der Waals surface area contributed by atoms with Crippen LogP contribution in [0.4, 0.5) is 11.6 Å².